The first-order valence-electron chi connectivity index (χ1n) is 4.35. The maximum absolute atomic E-state index is 11.9. The zero-order chi connectivity index (χ0) is 12.3. The van der Waals surface area contributed by atoms with E-state index in [1.165, 1.54) is 0 Å². The number of hydrogen-bond acceptors (Lipinski definition) is 5. The van der Waals surface area contributed by atoms with Gasteiger partial charge in [0.25, 0.3) is 0 Å². The molecule has 0 aliphatic rings. The van der Waals surface area contributed by atoms with Crippen molar-refractivity contribution in [2.75, 3.05) is 14.1 Å². The molecular formula is C8H10F3N3O2. The number of alkyl halides is 3. The van der Waals surface area contributed by atoms with Gasteiger partial charge in [-0.1, -0.05) is 5.16 Å². The number of hydrogen-bond donors (Lipinski definition) is 0. The van der Waals surface area contributed by atoms with E-state index in [1.807, 2.05) is 0 Å². The highest BCUT2D eigenvalue weighted by molar-refractivity contribution is 5.85. The highest BCUT2D eigenvalue weighted by Crippen LogP contribution is 2.18. The molecule has 0 bridgehead atoms. The van der Waals surface area contributed by atoms with Gasteiger partial charge in [0.1, 0.15) is 0 Å². The molecule has 16 heavy (non-hydrogen) atoms. The van der Waals surface area contributed by atoms with Gasteiger partial charge < -0.3 is 9.42 Å². The Labute approximate surface area is 89.2 Å². The summed E-state index contributed by atoms with van der Waals surface area (Å²) < 4.78 is 40.2. The molecule has 1 rings (SSSR count). The maximum Gasteiger partial charge on any atom is 0.450 e. The van der Waals surface area contributed by atoms with E-state index in [9.17, 15) is 18.0 Å². The summed E-state index contributed by atoms with van der Waals surface area (Å²) in [5.41, 5.74) is 0. The second kappa shape index (κ2) is 4.60. The van der Waals surface area contributed by atoms with Crippen molar-refractivity contribution in [3.8, 4) is 0 Å². The highest BCUT2D eigenvalue weighted by atomic mass is 19.4. The van der Waals surface area contributed by atoms with Crippen LogP contribution in [-0.2, 0) is 17.8 Å². The summed E-state index contributed by atoms with van der Waals surface area (Å²) in [7, 11) is 3.49. The number of nitrogens with zero attached hydrogens (tertiary/aromatic N) is 3. The lowest BCUT2D eigenvalue weighted by Gasteiger charge is -2.03. The molecule has 0 amide bonds. The van der Waals surface area contributed by atoms with Crippen molar-refractivity contribution in [3.05, 3.63) is 11.7 Å². The molecule has 0 atom stereocenters. The minimum atomic E-state index is -4.86. The van der Waals surface area contributed by atoms with E-state index in [4.69, 9.17) is 0 Å². The fourth-order valence-electron chi connectivity index (χ4n) is 0.947. The molecule has 0 aliphatic heterocycles. The van der Waals surface area contributed by atoms with E-state index in [0.717, 1.165) is 0 Å². The van der Waals surface area contributed by atoms with Crippen molar-refractivity contribution >= 4 is 5.78 Å². The summed E-state index contributed by atoms with van der Waals surface area (Å²) in [6.45, 7) is 0.337. The van der Waals surface area contributed by atoms with Crippen molar-refractivity contribution in [1.82, 2.24) is 15.0 Å². The molecule has 1 aromatic rings. The summed E-state index contributed by atoms with van der Waals surface area (Å²) in [6.07, 6.45) is -5.78. The van der Waals surface area contributed by atoms with Crippen LogP contribution in [0.1, 0.15) is 11.7 Å². The van der Waals surface area contributed by atoms with E-state index in [1.54, 1.807) is 19.0 Å². The number of aromatic nitrogens is 2. The predicted molar refractivity (Wildman–Crippen MR) is 46.5 cm³/mol. The molecule has 1 aromatic heterocycles. The van der Waals surface area contributed by atoms with E-state index in [-0.39, 0.29) is 11.7 Å². The van der Waals surface area contributed by atoms with E-state index in [0.29, 0.717) is 6.54 Å². The summed E-state index contributed by atoms with van der Waals surface area (Å²) in [4.78, 5) is 16.0. The predicted octanol–water partition coefficient (Wildman–Crippen LogP) is 0.805. The standard InChI is InChI=1S/C8H10F3N3O2/c1-14(2)4-6-12-7(16-13-6)3-5(15)8(9,10)11/h3-4H2,1-2H3. The molecule has 0 saturated carbocycles. The third kappa shape index (κ3) is 3.61. The van der Waals surface area contributed by atoms with Crippen molar-refractivity contribution in [3.63, 3.8) is 0 Å². The number of carbonyl (C=O) groups is 1. The van der Waals surface area contributed by atoms with Crippen LogP contribution in [0.2, 0.25) is 0 Å². The lowest BCUT2D eigenvalue weighted by Crippen LogP contribution is -2.24. The molecule has 90 valence electrons. The Morgan fingerprint density at radius 2 is 2.06 bits per heavy atom. The fourth-order valence-corrected chi connectivity index (χ4v) is 0.947. The lowest BCUT2D eigenvalue weighted by atomic mass is 10.3. The summed E-state index contributed by atoms with van der Waals surface area (Å²) in [5.74, 6) is -1.97. The van der Waals surface area contributed by atoms with Crippen LogP contribution in [0.5, 0.6) is 0 Å². The first-order valence-corrected chi connectivity index (χ1v) is 4.35. The maximum atomic E-state index is 11.9. The Balaban J connectivity index is 2.62. The SMILES string of the molecule is CN(C)Cc1noc(CC(=O)C(F)(F)F)n1. The van der Waals surface area contributed by atoms with Crippen molar-refractivity contribution in [2.45, 2.75) is 19.1 Å². The summed E-state index contributed by atoms with van der Waals surface area (Å²) in [6, 6.07) is 0. The monoisotopic (exact) mass is 237 g/mol. The van der Waals surface area contributed by atoms with Gasteiger partial charge in [0.05, 0.1) is 13.0 Å². The first-order chi connectivity index (χ1) is 7.29. The largest absolute Gasteiger partial charge is 0.450 e. The van der Waals surface area contributed by atoms with Crippen LogP contribution in [0, 0.1) is 0 Å². The summed E-state index contributed by atoms with van der Waals surface area (Å²) >= 11 is 0. The Morgan fingerprint density at radius 1 is 1.44 bits per heavy atom. The van der Waals surface area contributed by atoms with Gasteiger partial charge in [-0.3, -0.25) is 4.79 Å². The number of carbonyl (C=O) groups excluding carboxylic acids is 1. The zero-order valence-electron chi connectivity index (χ0n) is 8.71. The van der Waals surface area contributed by atoms with E-state index < -0.39 is 18.4 Å². The van der Waals surface area contributed by atoms with Gasteiger partial charge in [-0.15, -0.1) is 0 Å². The zero-order valence-corrected chi connectivity index (χ0v) is 8.71. The molecule has 0 radical (unpaired) electrons. The molecule has 0 saturated heterocycles. The molecule has 0 aliphatic carbocycles. The Kier molecular flexibility index (Phi) is 3.63. The van der Waals surface area contributed by atoms with E-state index >= 15 is 0 Å². The molecule has 5 nitrogen and oxygen atoms in total. The Hall–Kier alpha value is -1.44. The Bertz CT molecular complexity index is 373. The van der Waals surface area contributed by atoms with Gasteiger partial charge in [0, 0.05) is 0 Å². The quantitative estimate of drug-likeness (QED) is 0.775. The average Bonchev–Trinajstić information content (AvgIpc) is 2.49. The molecule has 0 unspecified atom stereocenters. The van der Waals surface area contributed by atoms with Crippen LogP contribution in [0.3, 0.4) is 0 Å². The topological polar surface area (TPSA) is 59.2 Å². The number of halogens is 3. The van der Waals surface area contributed by atoms with E-state index in [2.05, 4.69) is 14.7 Å². The second-order valence-corrected chi connectivity index (χ2v) is 3.44. The molecule has 0 aromatic carbocycles. The van der Waals surface area contributed by atoms with Gasteiger partial charge in [-0.05, 0) is 14.1 Å². The third-order valence-corrected chi connectivity index (χ3v) is 1.60. The Morgan fingerprint density at radius 3 is 2.56 bits per heavy atom. The second-order valence-electron chi connectivity index (χ2n) is 3.44. The van der Waals surface area contributed by atoms with Crippen molar-refractivity contribution in [2.24, 2.45) is 0 Å². The minimum absolute atomic E-state index is 0.245. The van der Waals surface area contributed by atoms with Gasteiger partial charge >= 0.3 is 6.18 Å². The summed E-state index contributed by atoms with van der Waals surface area (Å²) in [5, 5.41) is 3.44. The van der Waals surface area contributed by atoms with Crippen molar-refractivity contribution < 1.29 is 22.5 Å². The third-order valence-electron chi connectivity index (χ3n) is 1.60. The van der Waals surface area contributed by atoms with Gasteiger partial charge in [0.15, 0.2) is 5.82 Å². The van der Waals surface area contributed by atoms with Crippen LogP contribution in [-0.4, -0.2) is 41.1 Å². The lowest BCUT2D eigenvalue weighted by molar-refractivity contribution is -0.170. The molecule has 0 spiro atoms. The minimum Gasteiger partial charge on any atom is -0.339 e. The van der Waals surface area contributed by atoms with Gasteiger partial charge in [0.2, 0.25) is 11.7 Å². The molecule has 0 fully saturated rings. The number of ketones is 1. The van der Waals surface area contributed by atoms with Gasteiger partial charge in [-0.25, -0.2) is 0 Å². The molecule has 1 heterocycles. The normalized spacial score (nSPS) is 12.1. The number of rotatable bonds is 4. The van der Waals surface area contributed by atoms with Crippen LogP contribution in [0.25, 0.3) is 0 Å². The van der Waals surface area contributed by atoms with Crippen LogP contribution >= 0.6 is 0 Å². The smallest absolute Gasteiger partial charge is 0.339 e. The first kappa shape index (κ1) is 12.6. The van der Waals surface area contributed by atoms with Gasteiger partial charge in [-0.2, -0.15) is 18.2 Å². The highest BCUT2D eigenvalue weighted by Gasteiger charge is 2.39. The fraction of sp³-hybridized carbons (Fsp3) is 0.625. The van der Waals surface area contributed by atoms with Crippen LogP contribution in [0.15, 0.2) is 4.52 Å². The average molecular weight is 237 g/mol. The van der Waals surface area contributed by atoms with Crippen molar-refractivity contribution in [1.29, 1.82) is 0 Å². The molecular weight excluding hydrogens is 227 g/mol. The molecule has 8 heteroatoms. The van der Waals surface area contributed by atoms with Crippen LogP contribution in [0.4, 0.5) is 13.2 Å². The molecule has 0 N–H and O–H groups in total. The number of Topliss-reactive ketones (excluding diaryl/α,β-unsaturated/α-hetero) is 1. The van der Waals surface area contributed by atoms with Crippen LogP contribution < -0.4 is 0 Å².